The van der Waals surface area contributed by atoms with Gasteiger partial charge in [0.2, 0.25) is 0 Å². The van der Waals surface area contributed by atoms with E-state index in [4.69, 9.17) is 15.5 Å². The van der Waals surface area contributed by atoms with Crippen molar-refractivity contribution >= 4 is 23.7 Å². The van der Waals surface area contributed by atoms with Crippen molar-refractivity contribution in [2.24, 2.45) is 0 Å². The first-order valence-electron chi connectivity index (χ1n) is 5.90. The lowest BCUT2D eigenvalue weighted by Gasteiger charge is -2.13. The maximum Gasteiger partial charge on any atom is 0.326 e. The van der Waals surface area contributed by atoms with Crippen molar-refractivity contribution < 1.29 is 24.6 Å². The van der Waals surface area contributed by atoms with Gasteiger partial charge in [-0.15, -0.1) is 0 Å². The molecule has 0 bridgehead atoms. The molecule has 1 aromatic rings. The molecule has 1 rings (SSSR count). The third-order valence-corrected chi connectivity index (χ3v) is 2.48. The van der Waals surface area contributed by atoms with Crippen LogP contribution in [0.2, 0.25) is 0 Å². The summed E-state index contributed by atoms with van der Waals surface area (Å²) in [5.74, 6) is -2.76. The fraction of sp³-hybridized carbons (Fsp3) is 0.231. The van der Waals surface area contributed by atoms with Gasteiger partial charge in [-0.25, -0.2) is 9.59 Å². The van der Waals surface area contributed by atoms with Crippen molar-refractivity contribution in [3.05, 3.63) is 29.8 Å². The Morgan fingerprint density at radius 3 is 2.29 bits per heavy atom. The highest BCUT2D eigenvalue weighted by atomic mass is 16.4. The average Bonchev–Trinajstić information content (AvgIpc) is 2.40. The van der Waals surface area contributed by atoms with E-state index in [0.717, 1.165) is 5.56 Å². The lowest BCUT2D eigenvalue weighted by Crippen LogP contribution is -2.44. The Labute approximate surface area is 120 Å². The fourth-order valence-corrected chi connectivity index (χ4v) is 1.50. The second-order valence-electron chi connectivity index (χ2n) is 4.12. The Morgan fingerprint density at radius 1 is 1.19 bits per heavy atom. The largest absolute Gasteiger partial charge is 0.481 e. The third-order valence-electron chi connectivity index (χ3n) is 2.48. The lowest BCUT2D eigenvalue weighted by molar-refractivity contribution is -0.145. The second kappa shape index (κ2) is 7.49. The smallest absolute Gasteiger partial charge is 0.326 e. The molecule has 0 fully saturated rings. The number of amides is 2. The number of carboxylic acid groups (broad SMARTS) is 2. The predicted octanol–water partition coefficient (Wildman–Crippen LogP) is 0.802. The number of nitrogens with one attached hydrogen (secondary N) is 2. The van der Waals surface area contributed by atoms with Crippen LogP contribution in [0.1, 0.15) is 12.0 Å². The minimum Gasteiger partial charge on any atom is -0.481 e. The number of carboxylic acids is 2. The molecule has 8 heteroatoms. The molecule has 0 aromatic heterocycles. The molecule has 2 amide bonds. The second-order valence-corrected chi connectivity index (χ2v) is 4.12. The number of aliphatic carboxylic acids is 2. The van der Waals surface area contributed by atoms with Crippen molar-refractivity contribution in [1.29, 1.82) is 5.26 Å². The molecule has 0 aliphatic carbocycles. The van der Waals surface area contributed by atoms with Crippen molar-refractivity contribution in [3.63, 3.8) is 0 Å². The van der Waals surface area contributed by atoms with Gasteiger partial charge in [0, 0.05) is 5.69 Å². The molecule has 0 heterocycles. The first kappa shape index (κ1) is 16.0. The van der Waals surface area contributed by atoms with Crippen molar-refractivity contribution in [2.45, 2.75) is 18.9 Å². The number of urea groups is 1. The molecule has 0 spiro atoms. The van der Waals surface area contributed by atoms with Crippen LogP contribution in [0.25, 0.3) is 0 Å². The summed E-state index contributed by atoms with van der Waals surface area (Å²) in [5.41, 5.74) is 1.17. The van der Waals surface area contributed by atoms with E-state index in [-0.39, 0.29) is 6.42 Å². The van der Waals surface area contributed by atoms with E-state index in [2.05, 4.69) is 10.6 Å². The molecule has 0 aliphatic heterocycles. The van der Waals surface area contributed by atoms with Gasteiger partial charge >= 0.3 is 18.0 Å². The van der Waals surface area contributed by atoms with Crippen LogP contribution >= 0.6 is 0 Å². The Morgan fingerprint density at radius 2 is 1.81 bits per heavy atom. The minimum atomic E-state index is -1.51. The zero-order valence-electron chi connectivity index (χ0n) is 10.9. The number of carbonyl (C=O) groups excluding carboxylic acids is 1. The quantitative estimate of drug-likeness (QED) is 0.611. The van der Waals surface area contributed by atoms with Gasteiger partial charge < -0.3 is 20.8 Å². The molecule has 21 heavy (non-hydrogen) atoms. The first-order valence-corrected chi connectivity index (χ1v) is 5.90. The van der Waals surface area contributed by atoms with E-state index < -0.39 is 30.4 Å². The number of hydrogen-bond acceptors (Lipinski definition) is 4. The van der Waals surface area contributed by atoms with Crippen molar-refractivity contribution in [2.75, 3.05) is 5.32 Å². The fourth-order valence-electron chi connectivity index (χ4n) is 1.50. The van der Waals surface area contributed by atoms with Gasteiger partial charge in [-0.2, -0.15) is 5.26 Å². The van der Waals surface area contributed by atoms with Crippen LogP contribution in [0.3, 0.4) is 0 Å². The summed E-state index contributed by atoms with van der Waals surface area (Å²) in [6.45, 7) is 0. The molecular formula is C13H13N3O5. The van der Waals surface area contributed by atoms with E-state index in [0.29, 0.717) is 5.69 Å². The number of rotatable bonds is 6. The zero-order valence-corrected chi connectivity index (χ0v) is 10.9. The highest BCUT2D eigenvalue weighted by Crippen LogP contribution is 2.09. The molecule has 4 N–H and O–H groups in total. The Bertz CT molecular complexity index is 576. The predicted molar refractivity (Wildman–Crippen MR) is 71.6 cm³/mol. The molecule has 8 nitrogen and oxygen atoms in total. The maximum absolute atomic E-state index is 11.6. The summed E-state index contributed by atoms with van der Waals surface area (Å²) in [6, 6.07) is 6.04. The summed E-state index contributed by atoms with van der Waals surface area (Å²) in [4.78, 5) is 32.9. The van der Waals surface area contributed by atoms with Gasteiger partial charge in [0.1, 0.15) is 6.04 Å². The van der Waals surface area contributed by atoms with E-state index in [9.17, 15) is 14.4 Å². The van der Waals surface area contributed by atoms with Crippen LogP contribution in [0.5, 0.6) is 0 Å². The Hall–Kier alpha value is -3.08. The van der Waals surface area contributed by atoms with Gasteiger partial charge in [-0.05, 0) is 17.7 Å². The molecule has 0 unspecified atom stereocenters. The third kappa shape index (κ3) is 5.61. The van der Waals surface area contributed by atoms with Crippen LogP contribution in [-0.4, -0.2) is 34.2 Å². The van der Waals surface area contributed by atoms with E-state index >= 15 is 0 Å². The van der Waals surface area contributed by atoms with E-state index in [1.54, 1.807) is 24.3 Å². The van der Waals surface area contributed by atoms with Crippen LogP contribution in [0.15, 0.2) is 24.3 Å². The molecule has 0 saturated heterocycles. The van der Waals surface area contributed by atoms with Gasteiger partial charge in [0.05, 0.1) is 18.9 Å². The number of nitrogens with zero attached hydrogens (tertiary/aromatic N) is 1. The molecule has 1 atom stereocenters. The number of benzene rings is 1. The topological polar surface area (TPSA) is 140 Å². The monoisotopic (exact) mass is 291 g/mol. The molecule has 0 saturated carbocycles. The first-order chi connectivity index (χ1) is 9.92. The van der Waals surface area contributed by atoms with Crippen LogP contribution < -0.4 is 10.6 Å². The molecule has 0 aliphatic rings. The zero-order chi connectivity index (χ0) is 15.8. The summed E-state index contributed by atoms with van der Waals surface area (Å²) < 4.78 is 0. The number of hydrogen-bond donors (Lipinski definition) is 4. The van der Waals surface area contributed by atoms with Crippen LogP contribution in [0.4, 0.5) is 10.5 Å². The summed E-state index contributed by atoms with van der Waals surface area (Å²) in [6.07, 6.45) is -0.476. The van der Waals surface area contributed by atoms with Crippen molar-refractivity contribution in [1.82, 2.24) is 5.32 Å². The standard InChI is InChI=1S/C13H13N3O5/c14-6-5-8-1-3-9(4-2-8)15-13(21)16-10(12(19)20)7-11(17)18/h1-4,10H,5,7H2,(H,17,18)(H,19,20)(H2,15,16,21)/t10-/m1/s1. The average molecular weight is 291 g/mol. The number of nitriles is 1. The van der Waals surface area contributed by atoms with E-state index in [1.807, 2.05) is 6.07 Å². The minimum absolute atomic E-state index is 0.242. The highest BCUT2D eigenvalue weighted by Gasteiger charge is 2.22. The Balaban J connectivity index is 2.61. The number of carbonyl (C=O) groups is 3. The maximum atomic E-state index is 11.6. The van der Waals surface area contributed by atoms with Gasteiger partial charge in [0.15, 0.2) is 0 Å². The van der Waals surface area contributed by atoms with Gasteiger partial charge in [-0.3, -0.25) is 4.79 Å². The van der Waals surface area contributed by atoms with Crippen LogP contribution in [-0.2, 0) is 16.0 Å². The van der Waals surface area contributed by atoms with Crippen LogP contribution in [0, 0.1) is 11.3 Å². The van der Waals surface area contributed by atoms with E-state index in [1.165, 1.54) is 0 Å². The molecular weight excluding hydrogens is 278 g/mol. The number of anilines is 1. The summed E-state index contributed by atoms with van der Waals surface area (Å²) in [7, 11) is 0. The van der Waals surface area contributed by atoms with Gasteiger partial charge in [-0.1, -0.05) is 12.1 Å². The molecule has 0 radical (unpaired) electrons. The Kier molecular flexibility index (Phi) is 5.70. The van der Waals surface area contributed by atoms with Gasteiger partial charge in [0.25, 0.3) is 0 Å². The molecule has 1 aromatic carbocycles. The lowest BCUT2D eigenvalue weighted by atomic mass is 10.1. The molecule has 110 valence electrons. The normalized spacial score (nSPS) is 11.0. The summed E-state index contributed by atoms with van der Waals surface area (Å²) in [5, 5.41) is 30.3. The highest BCUT2D eigenvalue weighted by molar-refractivity contribution is 5.93. The van der Waals surface area contributed by atoms with Crippen molar-refractivity contribution in [3.8, 4) is 6.07 Å². The summed E-state index contributed by atoms with van der Waals surface area (Å²) >= 11 is 0. The SMILES string of the molecule is N#CCc1ccc(NC(=O)N[C@H](CC(=O)O)C(=O)O)cc1.